The average Bonchev–Trinajstić information content (AvgIpc) is 2.81. The number of fused-ring (bicyclic) bond motifs is 1. The molecule has 0 radical (unpaired) electrons. The highest BCUT2D eigenvalue weighted by Gasteiger charge is 2.18. The molecule has 17 heavy (non-hydrogen) atoms. The van der Waals surface area contributed by atoms with Crippen molar-refractivity contribution in [3.63, 3.8) is 0 Å². The second-order valence-corrected chi connectivity index (χ2v) is 6.72. The Hall–Kier alpha value is -1.01. The minimum atomic E-state index is -0.609. The van der Waals surface area contributed by atoms with E-state index in [2.05, 4.69) is 15.3 Å². The first-order valence-electron chi connectivity index (χ1n) is 5.62. The SMILES string of the molecule is O=S1CCC(Nc2ncnc3sccc23)CC1. The fourth-order valence-corrected chi connectivity index (χ4v) is 4.07. The predicted octanol–water partition coefficient (Wildman–Crippen LogP) is 2.01. The van der Waals surface area contributed by atoms with E-state index in [1.54, 1.807) is 17.7 Å². The fraction of sp³-hybridized carbons (Fsp3) is 0.455. The van der Waals surface area contributed by atoms with Crippen molar-refractivity contribution in [3.05, 3.63) is 17.8 Å². The van der Waals surface area contributed by atoms with Crippen molar-refractivity contribution in [3.8, 4) is 0 Å². The van der Waals surface area contributed by atoms with E-state index in [1.807, 2.05) is 11.4 Å². The minimum Gasteiger partial charge on any atom is -0.367 e. The van der Waals surface area contributed by atoms with Gasteiger partial charge in [0.05, 0.1) is 5.39 Å². The largest absolute Gasteiger partial charge is 0.367 e. The molecule has 2 aromatic heterocycles. The molecular weight excluding hydrogens is 254 g/mol. The van der Waals surface area contributed by atoms with E-state index in [4.69, 9.17) is 0 Å². The van der Waals surface area contributed by atoms with Gasteiger partial charge in [0.25, 0.3) is 0 Å². The van der Waals surface area contributed by atoms with Crippen LogP contribution in [0.4, 0.5) is 5.82 Å². The minimum absolute atomic E-state index is 0.394. The molecular formula is C11H13N3OS2. The molecule has 3 heterocycles. The summed E-state index contributed by atoms with van der Waals surface area (Å²) in [5, 5.41) is 6.57. The highest BCUT2D eigenvalue weighted by Crippen LogP contribution is 2.25. The number of hydrogen-bond donors (Lipinski definition) is 1. The van der Waals surface area contributed by atoms with Crippen LogP contribution in [0, 0.1) is 0 Å². The van der Waals surface area contributed by atoms with Crippen molar-refractivity contribution in [1.82, 2.24) is 9.97 Å². The Kier molecular flexibility index (Phi) is 3.07. The Bertz CT molecular complexity index is 544. The number of nitrogens with zero attached hydrogens (tertiary/aromatic N) is 2. The molecule has 4 nitrogen and oxygen atoms in total. The van der Waals surface area contributed by atoms with Gasteiger partial charge in [-0.15, -0.1) is 11.3 Å². The van der Waals surface area contributed by atoms with E-state index in [-0.39, 0.29) is 0 Å². The molecule has 1 saturated heterocycles. The number of anilines is 1. The Balaban J connectivity index is 1.80. The zero-order valence-electron chi connectivity index (χ0n) is 9.26. The van der Waals surface area contributed by atoms with Gasteiger partial charge in [0.15, 0.2) is 0 Å². The van der Waals surface area contributed by atoms with Crippen LogP contribution in [0.1, 0.15) is 12.8 Å². The second kappa shape index (κ2) is 4.70. The normalized spacial score (nSPS) is 24.9. The Labute approximate surface area is 106 Å². The van der Waals surface area contributed by atoms with E-state index in [9.17, 15) is 4.21 Å². The molecule has 0 aliphatic carbocycles. The lowest BCUT2D eigenvalue weighted by Crippen LogP contribution is -2.29. The van der Waals surface area contributed by atoms with Crippen LogP contribution in [-0.4, -0.2) is 31.7 Å². The van der Waals surface area contributed by atoms with E-state index in [0.717, 1.165) is 40.4 Å². The number of hydrogen-bond acceptors (Lipinski definition) is 5. The van der Waals surface area contributed by atoms with Crippen molar-refractivity contribution in [1.29, 1.82) is 0 Å². The Morgan fingerprint density at radius 2 is 2.18 bits per heavy atom. The zero-order valence-corrected chi connectivity index (χ0v) is 10.9. The molecule has 2 aromatic rings. The summed E-state index contributed by atoms with van der Waals surface area (Å²) < 4.78 is 11.3. The summed E-state index contributed by atoms with van der Waals surface area (Å²) in [6, 6.07) is 2.44. The number of thiophene rings is 1. The monoisotopic (exact) mass is 267 g/mol. The molecule has 0 spiro atoms. The summed E-state index contributed by atoms with van der Waals surface area (Å²) in [4.78, 5) is 9.54. The molecule has 0 amide bonds. The van der Waals surface area contributed by atoms with Gasteiger partial charge in [-0.2, -0.15) is 0 Å². The van der Waals surface area contributed by atoms with E-state index >= 15 is 0 Å². The van der Waals surface area contributed by atoms with Gasteiger partial charge >= 0.3 is 0 Å². The van der Waals surface area contributed by atoms with Crippen LogP contribution >= 0.6 is 11.3 Å². The maximum atomic E-state index is 11.3. The van der Waals surface area contributed by atoms with Gasteiger partial charge in [-0.3, -0.25) is 4.21 Å². The quantitative estimate of drug-likeness (QED) is 0.904. The summed E-state index contributed by atoms with van der Waals surface area (Å²) in [6.07, 6.45) is 3.52. The molecule has 0 saturated carbocycles. The molecule has 0 bridgehead atoms. The smallest absolute Gasteiger partial charge is 0.138 e. The van der Waals surface area contributed by atoms with Crippen molar-refractivity contribution >= 4 is 38.2 Å². The summed E-state index contributed by atoms with van der Waals surface area (Å²) in [5.41, 5.74) is 0. The fourth-order valence-electron chi connectivity index (χ4n) is 2.04. The predicted molar refractivity (Wildman–Crippen MR) is 71.9 cm³/mol. The standard InChI is InChI=1S/C11H13N3OS2/c15-17-5-2-8(3-6-17)14-10-9-1-4-16-11(9)13-7-12-10/h1,4,7-8H,2-3,5-6H2,(H,12,13,14). The maximum absolute atomic E-state index is 11.3. The number of rotatable bonds is 2. The highest BCUT2D eigenvalue weighted by molar-refractivity contribution is 7.85. The number of nitrogens with one attached hydrogen (secondary N) is 1. The van der Waals surface area contributed by atoms with Crippen molar-refractivity contribution in [2.75, 3.05) is 16.8 Å². The van der Waals surface area contributed by atoms with Crippen molar-refractivity contribution in [2.24, 2.45) is 0 Å². The summed E-state index contributed by atoms with van der Waals surface area (Å²) >= 11 is 1.62. The van der Waals surface area contributed by atoms with Crippen LogP contribution < -0.4 is 5.32 Å². The lowest BCUT2D eigenvalue weighted by molar-refractivity contribution is 0.623. The molecule has 90 valence electrons. The van der Waals surface area contributed by atoms with Crippen LogP contribution in [0.3, 0.4) is 0 Å². The van der Waals surface area contributed by atoms with E-state index in [0.29, 0.717) is 6.04 Å². The highest BCUT2D eigenvalue weighted by atomic mass is 32.2. The zero-order chi connectivity index (χ0) is 11.7. The molecule has 0 aromatic carbocycles. The maximum Gasteiger partial charge on any atom is 0.138 e. The van der Waals surface area contributed by atoms with Crippen LogP contribution in [0.2, 0.25) is 0 Å². The van der Waals surface area contributed by atoms with Gasteiger partial charge in [0.1, 0.15) is 17.0 Å². The van der Waals surface area contributed by atoms with Gasteiger partial charge < -0.3 is 5.32 Å². The first-order chi connectivity index (χ1) is 8.33. The average molecular weight is 267 g/mol. The van der Waals surface area contributed by atoms with Gasteiger partial charge in [-0.25, -0.2) is 9.97 Å². The molecule has 1 fully saturated rings. The topological polar surface area (TPSA) is 54.9 Å². The van der Waals surface area contributed by atoms with Gasteiger partial charge in [0, 0.05) is 28.3 Å². The Morgan fingerprint density at radius 1 is 1.35 bits per heavy atom. The third-order valence-electron chi connectivity index (χ3n) is 2.99. The summed E-state index contributed by atoms with van der Waals surface area (Å²) in [6.45, 7) is 0. The van der Waals surface area contributed by atoms with Crippen LogP contribution in [-0.2, 0) is 10.8 Å². The molecule has 1 N–H and O–H groups in total. The lowest BCUT2D eigenvalue weighted by atomic mass is 10.1. The van der Waals surface area contributed by atoms with Crippen molar-refractivity contribution in [2.45, 2.75) is 18.9 Å². The molecule has 1 aliphatic heterocycles. The van der Waals surface area contributed by atoms with Gasteiger partial charge in [-0.05, 0) is 24.3 Å². The molecule has 1 aliphatic rings. The van der Waals surface area contributed by atoms with Crippen LogP contribution in [0.15, 0.2) is 17.8 Å². The summed E-state index contributed by atoms with van der Waals surface area (Å²) in [7, 11) is -0.609. The molecule has 0 atom stereocenters. The first kappa shape index (κ1) is 11.1. The van der Waals surface area contributed by atoms with Crippen LogP contribution in [0.5, 0.6) is 0 Å². The Morgan fingerprint density at radius 3 is 3.00 bits per heavy atom. The van der Waals surface area contributed by atoms with E-state index < -0.39 is 10.8 Å². The van der Waals surface area contributed by atoms with Gasteiger partial charge in [-0.1, -0.05) is 0 Å². The molecule has 3 rings (SSSR count). The van der Waals surface area contributed by atoms with Crippen LogP contribution in [0.25, 0.3) is 10.2 Å². The number of aromatic nitrogens is 2. The third-order valence-corrected chi connectivity index (χ3v) is 5.19. The van der Waals surface area contributed by atoms with Crippen molar-refractivity contribution < 1.29 is 4.21 Å². The lowest BCUT2D eigenvalue weighted by Gasteiger charge is -2.23. The third kappa shape index (κ3) is 2.32. The second-order valence-electron chi connectivity index (χ2n) is 4.13. The first-order valence-corrected chi connectivity index (χ1v) is 7.99. The summed E-state index contributed by atoms with van der Waals surface area (Å²) in [5.74, 6) is 2.51. The van der Waals surface area contributed by atoms with E-state index in [1.165, 1.54) is 0 Å². The molecule has 6 heteroatoms. The van der Waals surface area contributed by atoms with Gasteiger partial charge in [0.2, 0.25) is 0 Å². The molecule has 0 unspecified atom stereocenters.